The Morgan fingerprint density at radius 3 is 2.69 bits per heavy atom. The summed E-state index contributed by atoms with van der Waals surface area (Å²) in [6.45, 7) is 7.40. The largest absolute Gasteiger partial charge is 0.489 e. The molecule has 2 unspecified atom stereocenters. The van der Waals surface area contributed by atoms with Crippen molar-refractivity contribution in [3.63, 3.8) is 0 Å². The van der Waals surface area contributed by atoms with Crippen LogP contribution >= 0.6 is 0 Å². The smallest absolute Gasteiger partial charge is 0.274 e. The fourth-order valence-electron chi connectivity index (χ4n) is 5.15. The number of nitrogens with zero attached hydrogens (tertiary/aromatic N) is 1. The number of rotatable bonds is 11. The lowest BCUT2D eigenvalue weighted by atomic mass is 10.1. The maximum atomic E-state index is 12.5. The molecule has 3 aromatic carbocycles. The van der Waals surface area contributed by atoms with Crippen LogP contribution in [-0.4, -0.2) is 62.5 Å². The first kappa shape index (κ1) is 27.3. The Bertz CT molecular complexity index is 1250. The Balaban J connectivity index is 1.25. The molecule has 2 N–H and O–H groups in total. The summed E-state index contributed by atoms with van der Waals surface area (Å²) in [5, 5.41) is 6.01. The van der Waals surface area contributed by atoms with E-state index in [0.29, 0.717) is 24.8 Å². The number of hydrogen-bond acceptors (Lipinski definition) is 6. The maximum absolute atomic E-state index is 12.5. The first-order valence-corrected chi connectivity index (χ1v) is 14.1. The van der Waals surface area contributed by atoms with E-state index in [1.54, 1.807) is 0 Å². The van der Waals surface area contributed by atoms with Gasteiger partial charge in [-0.25, -0.2) is 10.3 Å². The third-order valence-electron chi connectivity index (χ3n) is 7.46. The molecule has 2 aliphatic heterocycles. The fourth-order valence-corrected chi connectivity index (χ4v) is 5.15. The van der Waals surface area contributed by atoms with Gasteiger partial charge in [-0.2, -0.15) is 0 Å². The number of hydroxylamine groups is 1. The predicted octanol–water partition coefficient (Wildman–Crippen LogP) is 5.17. The van der Waals surface area contributed by atoms with E-state index >= 15 is 0 Å². The van der Waals surface area contributed by atoms with Crippen molar-refractivity contribution in [2.45, 2.75) is 44.9 Å². The quantitative estimate of drug-likeness (QED) is 0.334. The monoisotopic (exact) mass is 529 g/mol. The molecule has 3 aromatic rings. The standard InChI is InChI=1S/C32H39N3O4/c1-2-35-18-17-28(22-35)33-21-25(23-38-30-11-7-9-26-8-3-4-10-29(26)30)20-24-13-15-27(16-14-24)32(36)34-39-31-12-5-6-19-37-31/h3-4,7-11,13-16,20,28,31,33H,2,5-6,12,17-19,21-23H2,1H3,(H,34,36). The molecule has 0 radical (unpaired) electrons. The van der Waals surface area contributed by atoms with Gasteiger partial charge in [0.1, 0.15) is 12.4 Å². The second-order valence-electron chi connectivity index (χ2n) is 10.3. The number of benzene rings is 3. The number of likely N-dealkylation sites (tertiary alicyclic amines) is 1. The van der Waals surface area contributed by atoms with Crippen LogP contribution in [0.25, 0.3) is 16.8 Å². The SMILES string of the molecule is CCN1CCC(NCC(=Cc2ccc(C(=O)NOC3CCCCO3)cc2)COc2cccc3ccccc23)C1. The van der Waals surface area contributed by atoms with Crippen LogP contribution in [-0.2, 0) is 9.57 Å². The molecule has 0 aliphatic carbocycles. The molecule has 0 saturated carbocycles. The van der Waals surface area contributed by atoms with Gasteiger partial charge >= 0.3 is 0 Å². The number of likely N-dealkylation sites (N-methyl/N-ethyl adjacent to an activating group) is 1. The van der Waals surface area contributed by atoms with Gasteiger partial charge in [0.25, 0.3) is 5.91 Å². The van der Waals surface area contributed by atoms with Crippen LogP contribution in [0.4, 0.5) is 0 Å². The number of nitrogens with one attached hydrogen (secondary N) is 2. The van der Waals surface area contributed by atoms with Crippen molar-refractivity contribution in [3.05, 3.63) is 83.4 Å². The summed E-state index contributed by atoms with van der Waals surface area (Å²) in [4.78, 5) is 20.5. The highest BCUT2D eigenvalue weighted by atomic mass is 16.8. The van der Waals surface area contributed by atoms with Crippen molar-refractivity contribution in [2.24, 2.45) is 0 Å². The summed E-state index contributed by atoms with van der Waals surface area (Å²) in [6.07, 6.45) is 5.80. The molecule has 7 heteroatoms. The minimum atomic E-state index is -0.369. The number of amides is 1. The Morgan fingerprint density at radius 1 is 1.05 bits per heavy atom. The third-order valence-corrected chi connectivity index (χ3v) is 7.46. The molecule has 2 fully saturated rings. The van der Waals surface area contributed by atoms with Crippen molar-refractivity contribution < 1.29 is 19.1 Å². The molecular weight excluding hydrogens is 490 g/mol. The van der Waals surface area contributed by atoms with E-state index in [9.17, 15) is 4.79 Å². The number of fused-ring (bicyclic) bond motifs is 1. The van der Waals surface area contributed by atoms with Crippen molar-refractivity contribution in [1.29, 1.82) is 0 Å². The average Bonchev–Trinajstić information content (AvgIpc) is 3.46. The molecule has 2 heterocycles. The summed E-state index contributed by atoms with van der Waals surface area (Å²) in [5.74, 6) is 0.605. The Labute approximate surface area is 231 Å². The van der Waals surface area contributed by atoms with Crippen LogP contribution in [0.2, 0.25) is 0 Å². The van der Waals surface area contributed by atoms with Crippen molar-refractivity contribution in [1.82, 2.24) is 15.7 Å². The van der Waals surface area contributed by atoms with Crippen LogP contribution < -0.4 is 15.5 Å². The third kappa shape index (κ3) is 7.67. The van der Waals surface area contributed by atoms with E-state index in [4.69, 9.17) is 14.3 Å². The van der Waals surface area contributed by atoms with Gasteiger partial charge in [-0.3, -0.25) is 4.79 Å². The molecular formula is C32H39N3O4. The lowest BCUT2D eigenvalue weighted by Gasteiger charge is -2.22. The van der Waals surface area contributed by atoms with Gasteiger partial charge in [-0.15, -0.1) is 0 Å². The molecule has 2 aliphatic rings. The zero-order valence-corrected chi connectivity index (χ0v) is 22.7. The highest BCUT2D eigenvalue weighted by Gasteiger charge is 2.21. The van der Waals surface area contributed by atoms with Gasteiger partial charge in [-0.05, 0) is 67.1 Å². The average molecular weight is 530 g/mol. The molecule has 2 atom stereocenters. The van der Waals surface area contributed by atoms with Crippen molar-refractivity contribution in [3.8, 4) is 5.75 Å². The first-order valence-electron chi connectivity index (χ1n) is 14.1. The van der Waals surface area contributed by atoms with Gasteiger partial charge < -0.3 is 19.7 Å². The molecule has 1 amide bonds. The molecule has 0 aromatic heterocycles. The number of carbonyl (C=O) groups excluding carboxylic acids is 1. The summed E-state index contributed by atoms with van der Waals surface area (Å²) < 4.78 is 11.9. The first-order chi connectivity index (χ1) is 19.2. The minimum Gasteiger partial charge on any atom is -0.489 e. The zero-order valence-electron chi connectivity index (χ0n) is 22.7. The number of hydrogen-bond donors (Lipinski definition) is 2. The second-order valence-corrected chi connectivity index (χ2v) is 10.3. The number of carbonyl (C=O) groups is 1. The molecule has 0 spiro atoms. The van der Waals surface area contributed by atoms with E-state index in [0.717, 1.165) is 79.5 Å². The van der Waals surface area contributed by atoms with Crippen LogP contribution in [0.5, 0.6) is 5.75 Å². The van der Waals surface area contributed by atoms with E-state index < -0.39 is 0 Å². The van der Waals surface area contributed by atoms with Crippen LogP contribution in [0.15, 0.2) is 72.3 Å². The summed E-state index contributed by atoms with van der Waals surface area (Å²) >= 11 is 0. The van der Waals surface area contributed by atoms with E-state index in [-0.39, 0.29) is 12.2 Å². The van der Waals surface area contributed by atoms with Crippen LogP contribution in [0, 0.1) is 0 Å². The Morgan fingerprint density at radius 2 is 1.90 bits per heavy atom. The highest BCUT2D eigenvalue weighted by Crippen LogP contribution is 2.26. The van der Waals surface area contributed by atoms with Gasteiger partial charge in [0.2, 0.25) is 0 Å². The highest BCUT2D eigenvalue weighted by molar-refractivity contribution is 5.93. The van der Waals surface area contributed by atoms with Crippen LogP contribution in [0.3, 0.4) is 0 Å². The number of ether oxygens (including phenoxy) is 2. The molecule has 5 rings (SSSR count). The van der Waals surface area contributed by atoms with E-state index in [2.05, 4.69) is 46.9 Å². The second kappa shape index (κ2) is 13.7. The van der Waals surface area contributed by atoms with Gasteiger partial charge in [-0.1, -0.05) is 61.5 Å². The Kier molecular flexibility index (Phi) is 9.61. The Hall–Kier alpha value is -3.23. The summed E-state index contributed by atoms with van der Waals surface area (Å²) in [5.41, 5.74) is 5.23. The molecule has 206 valence electrons. The molecule has 0 bridgehead atoms. The van der Waals surface area contributed by atoms with E-state index in [1.165, 1.54) is 0 Å². The normalized spacial score (nSPS) is 20.3. The van der Waals surface area contributed by atoms with Gasteiger partial charge in [0.05, 0.1) is 0 Å². The summed E-state index contributed by atoms with van der Waals surface area (Å²) in [7, 11) is 0. The zero-order chi connectivity index (χ0) is 26.9. The van der Waals surface area contributed by atoms with Crippen molar-refractivity contribution in [2.75, 3.05) is 39.4 Å². The van der Waals surface area contributed by atoms with Gasteiger partial charge in [0.15, 0.2) is 6.29 Å². The lowest BCUT2D eigenvalue weighted by Crippen LogP contribution is -2.34. The molecule has 7 nitrogen and oxygen atoms in total. The van der Waals surface area contributed by atoms with E-state index in [1.807, 2.05) is 48.5 Å². The lowest BCUT2D eigenvalue weighted by molar-refractivity contribution is -0.186. The predicted molar refractivity (Wildman–Crippen MR) is 155 cm³/mol. The minimum absolute atomic E-state index is 0.275. The topological polar surface area (TPSA) is 72.1 Å². The summed E-state index contributed by atoms with van der Waals surface area (Å²) in [6, 6.07) is 22.5. The van der Waals surface area contributed by atoms with Gasteiger partial charge in [0, 0.05) is 43.1 Å². The molecule has 2 saturated heterocycles. The maximum Gasteiger partial charge on any atom is 0.274 e. The molecule has 39 heavy (non-hydrogen) atoms. The van der Waals surface area contributed by atoms with Crippen molar-refractivity contribution >= 4 is 22.8 Å². The van der Waals surface area contributed by atoms with Crippen LogP contribution in [0.1, 0.15) is 48.5 Å². The fraction of sp³-hybridized carbons (Fsp3) is 0.406.